The second kappa shape index (κ2) is 8.44. The molecule has 1 aliphatic heterocycles. The summed E-state index contributed by atoms with van der Waals surface area (Å²) >= 11 is 6.06. The van der Waals surface area contributed by atoms with Crippen LogP contribution in [0.1, 0.15) is 18.4 Å². The van der Waals surface area contributed by atoms with Crippen molar-refractivity contribution in [3.8, 4) is 11.1 Å². The Hall–Kier alpha value is -2.30. The van der Waals surface area contributed by atoms with Crippen molar-refractivity contribution in [2.45, 2.75) is 30.0 Å². The van der Waals surface area contributed by atoms with Crippen molar-refractivity contribution in [3.63, 3.8) is 0 Å². The van der Waals surface area contributed by atoms with Gasteiger partial charge in [-0.05, 0) is 36.6 Å². The van der Waals surface area contributed by atoms with E-state index in [9.17, 15) is 26.4 Å². The van der Waals surface area contributed by atoms with Crippen molar-refractivity contribution in [2.24, 2.45) is 0 Å². The summed E-state index contributed by atoms with van der Waals surface area (Å²) in [4.78, 5) is 11.2. The standard InChI is InChI=1S/C19H18ClF3N2O4S/c20-16-4-2-1-3-14(16)12-5-6-17(15(11-12)19(21,22)23)30(28,29)24-13-7-9-25(10-8-13)18(26)27/h1-6,11,13,24H,7-10H2,(H,26,27). The number of benzene rings is 2. The number of carboxylic acid groups (broad SMARTS) is 1. The molecule has 3 rings (SSSR count). The number of likely N-dealkylation sites (tertiary alicyclic amines) is 1. The average Bonchev–Trinajstić information content (AvgIpc) is 2.67. The number of rotatable bonds is 4. The Morgan fingerprint density at radius 2 is 1.77 bits per heavy atom. The number of alkyl halides is 3. The Bertz CT molecular complexity index is 1050. The topological polar surface area (TPSA) is 86.7 Å². The van der Waals surface area contributed by atoms with Crippen molar-refractivity contribution < 1.29 is 31.5 Å². The monoisotopic (exact) mass is 462 g/mol. The van der Waals surface area contributed by atoms with Gasteiger partial charge in [0.15, 0.2) is 0 Å². The zero-order valence-corrected chi connectivity index (χ0v) is 17.1. The maximum Gasteiger partial charge on any atom is 0.417 e. The first kappa shape index (κ1) is 22.4. The maximum atomic E-state index is 13.7. The Morgan fingerprint density at radius 3 is 2.33 bits per heavy atom. The molecule has 2 aromatic carbocycles. The molecular weight excluding hydrogens is 445 g/mol. The normalized spacial score (nSPS) is 15.9. The summed E-state index contributed by atoms with van der Waals surface area (Å²) in [5.74, 6) is 0. The summed E-state index contributed by atoms with van der Waals surface area (Å²) in [7, 11) is -4.49. The minimum Gasteiger partial charge on any atom is -0.465 e. The Kier molecular flexibility index (Phi) is 6.30. The molecule has 1 heterocycles. The van der Waals surface area contributed by atoms with Gasteiger partial charge in [0.25, 0.3) is 0 Å². The molecule has 0 radical (unpaired) electrons. The SMILES string of the molecule is O=C(O)N1CCC(NS(=O)(=O)c2ccc(-c3ccccc3Cl)cc2C(F)(F)F)CC1. The minimum atomic E-state index is -4.91. The van der Waals surface area contributed by atoms with Crippen molar-refractivity contribution in [2.75, 3.05) is 13.1 Å². The van der Waals surface area contributed by atoms with E-state index >= 15 is 0 Å². The Labute approximate surface area is 176 Å². The second-order valence-electron chi connectivity index (χ2n) is 6.85. The summed E-state index contributed by atoms with van der Waals surface area (Å²) in [6.07, 6.45) is -5.69. The van der Waals surface area contributed by atoms with E-state index in [-0.39, 0.29) is 36.5 Å². The predicted molar refractivity (Wildman–Crippen MR) is 105 cm³/mol. The first-order valence-corrected chi connectivity index (χ1v) is 10.8. The fourth-order valence-corrected chi connectivity index (χ4v) is 5.08. The number of hydrogen-bond acceptors (Lipinski definition) is 3. The molecule has 1 amide bonds. The average molecular weight is 463 g/mol. The molecule has 1 fully saturated rings. The number of carbonyl (C=O) groups is 1. The van der Waals surface area contributed by atoms with Crippen LogP contribution in [0.4, 0.5) is 18.0 Å². The van der Waals surface area contributed by atoms with Crippen LogP contribution in [-0.4, -0.2) is 43.6 Å². The summed E-state index contributed by atoms with van der Waals surface area (Å²) < 4.78 is 68.8. The van der Waals surface area contributed by atoms with Gasteiger partial charge in [-0.25, -0.2) is 17.9 Å². The predicted octanol–water partition coefficient (Wildman–Crippen LogP) is 4.45. The molecule has 30 heavy (non-hydrogen) atoms. The second-order valence-corrected chi connectivity index (χ2v) is 8.94. The zero-order valence-electron chi connectivity index (χ0n) is 15.5. The number of halogens is 4. The third-order valence-corrected chi connectivity index (χ3v) is 6.75. The fraction of sp³-hybridized carbons (Fsp3) is 0.316. The molecule has 1 saturated heterocycles. The first-order chi connectivity index (χ1) is 14.0. The van der Waals surface area contributed by atoms with Crippen molar-refractivity contribution in [3.05, 3.63) is 53.1 Å². The number of amides is 1. The highest BCUT2D eigenvalue weighted by molar-refractivity contribution is 7.89. The molecule has 1 aliphatic rings. The summed E-state index contributed by atoms with van der Waals surface area (Å²) in [6.45, 7) is 0.195. The van der Waals surface area contributed by atoms with Crippen LogP contribution in [0.3, 0.4) is 0 Å². The molecule has 0 aliphatic carbocycles. The van der Waals surface area contributed by atoms with Crippen LogP contribution in [0.25, 0.3) is 11.1 Å². The Morgan fingerprint density at radius 1 is 1.13 bits per heavy atom. The van der Waals surface area contributed by atoms with E-state index in [1.807, 2.05) is 0 Å². The fourth-order valence-electron chi connectivity index (χ4n) is 3.32. The van der Waals surface area contributed by atoms with Gasteiger partial charge in [-0.2, -0.15) is 13.2 Å². The largest absolute Gasteiger partial charge is 0.465 e. The zero-order chi connectivity index (χ0) is 22.1. The molecule has 0 aromatic heterocycles. The summed E-state index contributed by atoms with van der Waals surface area (Å²) in [5.41, 5.74) is -0.806. The van der Waals surface area contributed by atoms with E-state index in [1.54, 1.807) is 18.2 Å². The van der Waals surface area contributed by atoms with Crippen molar-refractivity contribution in [1.82, 2.24) is 9.62 Å². The van der Waals surface area contributed by atoms with Crippen LogP contribution < -0.4 is 4.72 Å². The van der Waals surface area contributed by atoms with Gasteiger partial charge in [0.2, 0.25) is 10.0 Å². The Balaban J connectivity index is 1.92. The highest BCUT2D eigenvalue weighted by Gasteiger charge is 2.38. The molecule has 0 unspecified atom stereocenters. The molecule has 11 heteroatoms. The lowest BCUT2D eigenvalue weighted by Gasteiger charge is -2.30. The van der Waals surface area contributed by atoms with Gasteiger partial charge in [0, 0.05) is 29.7 Å². The molecular formula is C19H18ClF3N2O4S. The van der Waals surface area contributed by atoms with Crippen LogP contribution >= 0.6 is 11.6 Å². The van der Waals surface area contributed by atoms with Gasteiger partial charge >= 0.3 is 12.3 Å². The third-order valence-electron chi connectivity index (χ3n) is 4.85. The quantitative estimate of drug-likeness (QED) is 0.703. The van der Waals surface area contributed by atoms with Gasteiger partial charge in [-0.3, -0.25) is 0 Å². The van der Waals surface area contributed by atoms with Crippen molar-refractivity contribution in [1.29, 1.82) is 0 Å². The first-order valence-electron chi connectivity index (χ1n) is 8.95. The van der Waals surface area contributed by atoms with E-state index in [4.69, 9.17) is 16.7 Å². The highest BCUT2D eigenvalue weighted by Crippen LogP contribution is 2.38. The highest BCUT2D eigenvalue weighted by atomic mass is 35.5. The van der Waals surface area contributed by atoms with Gasteiger partial charge in [-0.1, -0.05) is 35.9 Å². The van der Waals surface area contributed by atoms with Crippen LogP contribution in [-0.2, 0) is 16.2 Å². The molecule has 2 N–H and O–H groups in total. The lowest BCUT2D eigenvalue weighted by Crippen LogP contribution is -2.46. The summed E-state index contributed by atoms with van der Waals surface area (Å²) in [5, 5.41) is 9.19. The van der Waals surface area contributed by atoms with Crippen LogP contribution in [0.5, 0.6) is 0 Å². The lowest BCUT2D eigenvalue weighted by molar-refractivity contribution is -0.139. The minimum absolute atomic E-state index is 0.0973. The maximum absolute atomic E-state index is 13.7. The van der Waals surface area contributed by atoms with Crippen LogP contribution in [0.15, 0.2) is 47.4 Å². The number of nitrogens with zero attached hydrogens (tertiary/aromatic N) is 1. The van der Waals surface area contributed by atoms with E-state index in [0.29, 0.717) is 5.56 Å². The van der Waals surface area contributed by atoms with Gasteiger partial charge in [-0.15, -0.1) is 0 Å². The smallest absolute Gasteiger partial charge is 0.417 e. The molecule has 0 bridgehead atoms. The third kappa shape index (κ3) is 4.88. The van der Waals surface area contributed by atoms with Gasteiger partial charge in [0.1, 0.15) is 0 Å². The van der Waals surface area contributed by atoms with Gasteiger partial charge < -0.3 is 10.0 Å². The van der Waals surface area contributed by atoms with Crippen molar-refractivity contribution >= 4 is 27.7 Å². The molecule has 0 spiro atoms. The number of piperidine rings is 1. The molecule has 2 aromatic rings. The van der Waals surface area contributed by atoms with E-state index < -0.39 is 38.8 Å². The van der Waals surface area contributed by atoms with Crippen LogP contribution in [0.2, 0.25) is 5.02 Å². The van der Waals surface area contributed by atoms with E-state index in [0.717, 1.165) is 17.0 Å². The number of nitrogens with one attached hydrogen (secondary N) is 1. The van der Waals surface area contributed by atoms with Gasteiger partial charge in [0.05, 0.1) is 10.5 Å². The summed E-state index contributed by atoms with van der Waals surface area (Å²) in [6, 6.07) is 8.62. The van der Waals surface area contributed by atoms with E-state index in [1.165, 1.54) is 12.1 Å². The van der Waals surface area contributed by atoms with E-state index in [2.05, 4.69) is 4.72 Å². The molecule has 0 saturated carbocycles. The van der Waals surface area contributed by atoms with Crippen LogP contribution in [0, 0.1) is 0 Å². The number of sulfonamides is 1. The molecule has 6 nitrogen and oxygen atoms in total. The molecule has 0 atom stereocenters. The number of hydrogen-bond donors (Lipinski definition) is 2. The molecule has 162 valence electrons. The lowest BCUT2D eigenvalue weighted by atomic mass is 10.0.